The van der Waals surface area contributed by atoms with Crippen molar-refractivity contribution in [3.63, 3.8) is 0 Å². The zero-order valence-corrected chi connectivity index (χ0v) is 12.8. The Morgan fingerprint density at radius 2 is 2.00 bits per heavy atom. The summed E-state index contributed by atoms with van der Waals surface area (Å²) in [7, 11) is 1.34. The number of amides is 1. The van der Waals surface area contributed by atoms with E-state index in [0.717, 1.165) is 17.4 Å². The second-order valence-corrected chi connectivity index (χ2v) is 6.40. The number of aromatic amines is 1. The van der Waals surface area contributed by atoms with Crippen LogP contribution in [0.15, 0.2) is 15.8 Å². The number of nitrogens with zero attached hydrogens (tertiary/aromatic N) is 2. The third kappa shape index (κ3) is 2.93. The van der Waals surface area contributed by atoms with E-state index in [1.807, 2.05) is 0 Å². The van der Waals surface area contributed by atoms with Gasteiger partial charge in [-0.15, -0.1) is 0 Å². The molecule has 1 saturated carbocycles. The van der Waals surface area contributed by atoms with Crippen LogP contribution in [0, 0.1) is 17.8 Å². The van der Waals surface area contributed by atoms with Gasteiger partial charge in [-0.25, -0.2) is 4.79 Å². The predicted molar refractivity (Wildman–Crippen MR) is 79.9 cm³/mol. The molecule has 1 amide bonds. The highest BCUT2D eigenvalue weighted by atomic mass is 16.4. The molecular weight excluding hydrogens is 302 g/mol. The quantitative estimate of drug-likeness (QED) is 0.753. The van der Waals surface area contributed by atoms with Crippen molar-refractivity contribution in [2.45, 2.75) is 19.3 Å². The van der Waals surface area contributed by atoms with Crippen molar-refractivity contribution < 1.29 is 14.7 Å². The minimum atomic E-state index is -0.864. The van der Waals surface area contributed by atoms with Crippen molar-refractivity contribution in [2.75, 3.05) is 13.1 Å². The lowest BCUT2D eigenvalue weighted by Gasteiger charge is -2.16. The highest BCUT2D eigenvalue weighted by Gasteiger charge is 2.46. The fourth-order valence-corrected chi connectivity index (χ4v) is 3.31. The lowest BCUT2D eigenvalue weighted by molar-refractivity contribution is -0.142. The number of hydrogen-bond donors (Lipinski definition) is 2. The summed E-state index contributed by atoms with van der Waals surface area (Å²) < 4.78 is 0.916. The Labute approximate surface area is 131 Å². The molecule has 0 spiro atoms. The average molecular weight is 321 g/mol. The summed E-state index contributed by atoms with van der Waals surface area (Å²) in [5, 5.41) is 9.33. The fraction of sp³-hybridized carbons (Fsp3) is 0.600. The Kier molecular flexibility index (Phi) is 3.83. The molecule has 2 heterocycles. The zero-order valence-electron chi connectivity index (χ0n) is 12.8. The Morgan fingerprint density at radius 1 is 1.30 bits per heavy atom. The van der Waals surface area contributed by atoms with E-state index in [1.165, 1.54) is 18.1 Å². The summed E-state index contributed by atoms with van der Waals surface area (Å²) >= 11 is 0. The maximum Gasteiger partial charge on any atom is 0.328 e. The van der Waals surface area contributed by atoms with Gasteiger partial charge in [0.15, 0.2) is 0 Å². The standard InChI is InChI=1S/C15H19N3O5/c1-17-13(20)9(5-16-15(17)23)4-12(19)18-6-10(8-2-3-8)11(7-18)14(21)22/h5,8,10-11H,2-4,6-7H2,1H3,(H,16,23)(H,21,22)/t10-,11+/m0/s1. The number of carbonyl (C=O) groups excluding carboxylic acids is 1. The van der Waals surface area contributed by atoms with Gasteiger partial charge in [-0.1, -0.05) is 0 Å². The highest BCUT2D eigenvalue weighted by molar-refractivity contribution is 5.80. The van der Waals surface area contributed by atoms with Crippen LogP contribution in [0.5, 0.6) is 0 Å². The van der Waals surface area contributed by atoms with Crippen molar-refractivity contribution in [3.05, 3.63) is 32.6 Å². The Morgan fingerprint density at radius 3 is 2.61 bits per heavy atom. The molecule has 1 saturated heterocycles. The second-order valence-electron chi connectivity index (χ2n) is 6.40. The van der Waals surface area contributed by atoms with Crippen LogP contribution in [0.2, 0.25) is 0 Å². The highest BCUT2D eigenvalue weighted by Crippen LogP contribution is 2.44. The summed E-state index contributed by atoms with van der Waals surface area (Å²) in [6.45, 7) is 0.628. The van der Waals surface area contributed by atoms with E-state index in [-0.39, 0.29) is 30.4 Å². The molecule has 124 valence electrons. The maximum absolute atomic E-state index is 12.4. The number of hydrogen-bond acceptors (Lipinski definition) is 4. The van der Waals surface area contributed by atoms with Crippen LogP contribution in [0.25, 0.3) is 0 Å². The number of carboxylic acid groups (broad SMARTS) is 1. The van der Waals surface area contributed by atoms with Gasteiger partial charge in [0.2, 0.25) is 5.91 Å². The molecule has 0 bridgehead atoms. The lowest BCUT2D eigenvalue weighted by Crippen LogP contribution is -2.37. The van der Waals surface area contributed by atoms with Crippen LogP contribution in [0.1, 0.15) is 18.4 Å². The van der Waals surface area contributed by atoms with Crippen LogP contribution in [-0.2, 0) is 23.1 Å². The Hall–Kier alpha value is -2.38. The number of aliphatic carboxylic acids is 1. The number of rotatable bonds is 4. The molecule has 2 atom stereocenters. The number of H-pyrrole nitrogens is 1. The Balaban J connectivity index is 1.74. The normalized spacial score (nSPS) is 24.0. The third-order valence-electron chi connectivity index (χ3n) is 4.86. The van der Waals surface area contributed by atoms with Gasteiger partial charge in [0.25, 0.3) is 5.56 Å². The van der Waals surface area contributed by atoms with Gasteiger partial charge in [-0.3, -0.25) is 19.0 Å². The van der Waals surface area contributed by atoms with E-state index in [9.17, 15) is 24.3 Å². The smallest absolute Gasteiger partial charge is 0.328 e. The second kappa shape index (κ2) is 5.68. The molecule has 1 aromatic rings. The van der Waals surface area contributed by atoms with Crippen LogP contribution in [0.3, 0.4) is 0 Å². The van der Waals surface area contributed by atoms with E-state index in [1.54, 1.807) is 0 Å². The molecule has 23 heavy (non-hydrogen) atoms. The fourth-order valence-electron chi connectivity index (χ4n) is 3.31. The van der Waals surface area contributed by atoms with Gasteiger partial charge in [0.1, 0.15) is 0 Å². The molecule has 1 aliphatic carbocycles. The van der Waals surface area contributed by atoms with Crippen LogP contribution in [0.4, 0.5) is 0 Å². The minimum Gasteiger partial charge on any atom is -0.481 e. The van der Waals surface area contributed by atoms with Crippen molar-refractivity contribution in [1.29, 1.82) is 0 Å². The first kappa shape index (κ1) is 15.5. The first-order valence-electron chi connectivity index (χ1n) is 7.66. The third-order valence-corrected chi connectivity index (χ3v) is 4.86. The van der Waals surface area contributed by atoms with Gasteiger partial charge in [0, 0.05) is 31.9 Å². The van der Waals surface area contributed by atoms with Crippen molar-refractivity contribution >= 4 is 11.9 Å². The van der Waals surface area contributed by atoms with Crippen LogP contribution < -0.4 is 11.2 Å². The molecule has 8 nitrogen and oxygen atoms in total. The lowest BCUT2D eigenvalue weighted by atomic mass is 9.92. The number of nitrogens with one attached hydrogen (secondary N) is 1. The van der Waals surface area contributed by atoms with Crippen LogP contribution in [-0.4, -0.2) is 44.5 Å². The molecular formula is C15H19N3O5. The first-order chi connectivity index (χ1) is 10.9. The number of likely N-dealkylation sites (tertiary alicyclic amines) is 1. The molecule has 3 rings (SSSR count). The van der Waals surface area contributed by atoms with Gasteiger partial charge < -0.3 is 15.0 Å². The van der Waals surface area contributed by atoms with Crippen molar-refractivity contribution in [2.24, 2.45) is 24.8 Å². The van der Waals surface area contributed by atoms with Gasteiger partial charge in [0.05, 0.1) is 12.3 Å². The monoisotopic (exact) mass is 321 g/mol. The van der Waals surface area contributed by atoms with E-state index in [0.29, 0.717) is 12.5 Å². The summed E-state index contributed by atoms with van der Waals surface area (Å²) in [5.74, 6) is -1.25. The summed E-state index contributed by atoms with van der Waals surface area (Å²) in [5.41, 5.74) is -0.833. The molecule has 1 aromatic heterocycles. The van der Waals surface area contributed by atoms with Gasteiger partial charge in [-0.2, -0.15) is 0 Å². The van der Waals surface area contributed by atoms with Crippen LogP contribution >= 0.6 is 0 Å². The van der Waals surface area contributed by atoms with Gasteiger partial charge >= 0.3 is 11.7 Å². The van der Waals surface area contributed by atoms with E-state index >= 15 is 0 Å². The SMILES string of the molecule is Cn1c(=O)[nH]cc(CC(=O)N2C[C@@H](C(=O)O)[C@H](C3CC3)C2)c1=O. The molecule has 2 N–H and O–H groups in total. The summed E-state index contributed by atoms with van der Waals surface area (Å²) in [6, 6.07) is 0. The molecule has 2 aliphatic rings. The molecule has 8 heteroatoms. The van der Waals surface area contributed by atoms with E-state index in [4.69, 9.17) is 0 Å². The number of aromatic nitrogens is 2. The topological polar surface area (TPSA) is 112 Å². The minimum absolute atomic E-state index is 0.00913. The largest absolute Gasteiger partial charge is 0.481 e. The summed E-state index contributed by atoms with van der Waals surface area (Å²) in [6.07, 6.45) is 3.17. The maximum atomic E-state index is 12.4. The molecule has 2 fully saturated rings. The number of carboxylic acids is 1. The zero-order chi connectivity index (χ0) is 16.7. The van der Waals surface area contributed by atoms with Gasteiger partial charge in [-0.05, 0) is 24.7 Å². The first-order valence-corrected chi connectivity index (χ1v) is 7.66. The van der Waals surface area contributed by atoms with Crippen molar-refractivity contribution in [1.82, 2.24) is 14.5 Å². The van der Waals surface area contributed by atoms with Crippen molar-refractivity contribution in [3.8, 4) is 0 Å². The average Bonchev–Trinajstić information content (AvgIpc) is 3.25. The summed E-state index contributed by atoms with van der Waals surface area (Å²) in [4.78, 5) is 51.0. The van der Waals surface area contributed by atoms with E-state index in [2.05, 4.69) is 4.98 Å². The van der Waals surface area contributed by atoms with E-state index < -0.39 is 23.1 Å². The molecule has 0 radical (unpaired) electrons. The predicted octanol–water partition coefficient (Wildman–Crippen LogP) is -0.815. The Bertz CT molecular complexity index is 761. The molecule has 0 aromatic carbocycles. The number of carbonyl (C=O) groups is 2. The molecule has 1 aliphatic heterocycles. The molecule has 0 unspecified atom stereocenters.